The van der Waals surface area contributed by atoms with Gasteiger partial charge < -0.3 is 14.4 Å². The number of aromatic nitrogens is 6. The number of amides is 1. The summed E-state index contributed by atoms with van der Waals surface area (Å²) in [4.78, 5) is 46.5. The molecule has 2 saturated carbocycles. The molecule has 1 saturated heterocycles. The van der Waals surface area contributed by atoms with Crippen LogP contribution in [0.15, 0.2) is 33.8 Å². The fourth-order valence-electron chi connectivity index (χ4n) is 6.97. The summed E-state index contributed by atoms with van der Waals surface area (Å²) in [7, 11) is 0. The van der Waals surface area contributed by atoms with Crippen LogP contribution in [0.4, 0.5) is 5.95 Å². The van der Waals surface area contributed by atoms with Crippen molar-refractivity contribution in [3.05, 3.63) is 40.1 Å². The molecule has 12 heteroatoms. The van der Waals surface area contributed by atoms with Crippen molar-refractivity contribution in [3.8, 4) is 22.8 Å². The quantitative estimate of drug-likeness (QED) is 0.287. The number of nitrogens with zero attached hydrogens (tertiary/aromatic N) is 7. The number of piperazine rings is 1. The first-order chi connectivity index (χ1) is 20.7. The number of fused-ring (bicyclic) bond motifs is 1. The Morgan fingerprint density at radius 3 is 2.39 bits per heavy atom. The maximum absolute atomic E-state index is 13.0. The number of rotatable bonds is 6. The SMILES string of the molecule is C.CC1CCC(Cn2c(N3[C@H](C)CN(C(=O)C4CC4)C[C@H]3C)nc3cc(-c4noc(=O)[nH]4)nc(-c4cncc(Cl)c4)c32)CC1. The Labute approximate surface area is 262 Å². The molecule has 0 radical (unpaired) electrons. The van der Waals surface area contributed by atoms with Gasteiger partial charge in [0, 0.05) is 55.6 Å². The number of nitrogens with one attached hydrogen (secondary N) is 1. The third kappa shape index (κ3) is 5.74. The molecule has 1 amide bonds. The Balaban J connectivity index is 0.00000343. The number of carbonyl (C=O) groups is 1. The summed E-state index contributed by atoms with van der Waals surface area (Å²) in [6, 6.07) is 3.85. The lowest BCUT2D eigenvalue weighted by atomic mass is 9.83. The molecule has 7 rings (SSSR count). The molecule has 0 aromatic carbocycles. The molecular formula is C32H41ClN8O3. The first-order valence-corrected chi connectivity index (χ1v) is 15.8. The highest BCUT2D eigenvalue weighted by Gasteiger charge is 2.40. The van der Waals surface area contributed by atoms with Gasteiger partial charge in [-0.15, -0.1) is 0 Å². The minimum absolute atomic E-state index is 0. The number of hydrogen-bond acceptors (Lipinski definition) is 8. The van der Waals surface area contributed by atoms with E-state index in [0.717, 1.165) is 60.7 Å². The second-order valence-electron chi connectivity index (χ2n) is 12.8. The van der Waals surface area contributed by atoms with Crippen molar-refractivity contribution < 1.29 is 9.32 Å². The van der Waals surface area contributed by atoms with Crippen molar-refractivity contribution in [3.63, 3.8) is 0 Å². The predicted molar refractivity (Wildman–Crippen MR) is 170 cm³/mol. The highest BCUT2D eigenvalue weighted by molar-refractivity contribution is 6.30. The fourth-order valence-corrected chi connectivity index (χ4v) is 7.15. The predicted octanol–water partition coefficient (Wildman–Crippen LogP) is 5.79. The van der Waals surface area contributed by atoms with Gasteiger partial charge in [-0.05, 0) is 63.5 Å². The van der Waals surface area contributed by atoms with Gasteiger partial charge in [0.15, 0.2) is 0 Å². The molecule has 4 aromatic rings. The molecule has 2 aliphatic carbocycles. The zero-order chi connectivity index (χ0) is 29.8. The van der Waals surface area contributed by atoms with Gasteiger partial charge in [-0.2, -0.15) is 0 Å². The normalized spacial score (nSPS) is 24.0. The van der Waals surface area contributed by atoms with Crippen LogP contribution in [0.1, 0.15) is 66.7 Å². The Morgan fingerprint density at radius 1 is 1.02 bits per heavy atom. The third-order valence-electron chi connectivity index (χ3n) is 9.33. The fraction of sp³-hybridized carbons (Fsp3) is 0.562. The number of carbonyl (C=O) groups excluding carboxylic acids is 1. The molecule has 234 valence electrons. The molecule has 0 unspecified atom stereocenters. The molecule has 0 spiro atoms. The minimum Gasteiger partial charge on any atom is -0.338 e. The van der Waals surface area contributed by atoms with E-state index in [2.05, 4.69) is 45.4 Å². The van der Waals surface area contributed by atoms with Gasteiger partial charge in [0.1, 0.15) is 5.69 Å². The average molecular weight is 621 g/mol. The molecule has 0 bridgehead atoms. The first-order valence-electron chi connectivity index (χ1n) is 15.4. The summed E-state index contributed by atoms with van der Waals surface area (Å²) in [6.45, 7) is 8.84. The largest absolute Gasteiger partial charge is 0.439 e. The van der Waals surface area contributed by atoms with Crippen molar-refractivity contribution in [1.82, 2.24) is 34.6 Å². The summed E-state index contributed by atoms with van der Waals surface area (Å²) in [6.07, 6.45) is 10.1. The van der Waals surface area contributed by atoms with E-state index in [4.69, 9.17) is 26.1 Å². The molecule has 3 aliphatic rings. The monoisotopic (exact) mass is 620 g/mol. The van der Waals surface area contributed by atoms with Crippen LogP contribution in [0.3, 0.4) is 0 Å². The number of hydrogen-bond donors (Lipinski definition) is 1. The number of halogens is 1. The highest BCUT2D eigenvalue weighted by Crippen LogP contribution is 2.39. The van der Waals surface area contributed by atoms with Gasteiger partial charge in [0.05, 0.1) is 21.7 Å². The van der Waals surface area contributed by atoms with Crippen molar-refractivity contribution in [2.24, 2.45) is 17.8 Å². The molecule has 44 heavy (non-hydrogen) atoms. The first kappa shape index (κ1) is 30.3. The van der Waals surface area contributed by atoms with Crippen molar-refractivity contribution in [2.75, 3.05) is 18.0 Å². The van der Waals surface area contributed by atoms with E-state index >= 15 is 0 Å². The minimum atomic E-state index is -0.651. The molecular weight excluding hydrogens is 580 g/mol. The van der Waals surface area contributed by atoms with E-state index in [-0.39, 0.29) is 37.2 Å². The number of anilines is 1. The van der Waals surface area contributed by atoms with Crippen LogP contribution in [0, 0.1) is 17.8 Å². The molecule has 1 N–H and O–H groups in total. The topological polar surface area (TPSA) is 126 Å². The zero-order valence-electron chi connectivity index (χ0n) is 24.8. The van der Waals surface area contributed by atoms with E-state index in [1.807, 2.05) is 17.0 Å². The molecule has 2 atom stereocenters. The molecule has 4 aromatic heterocycles. The lowest BCUT2D eigenvalue weighted by Gasteiger charge is -2.45. The number of H-pyrrole nitrogens is 1. The van der Waals surface area contributed by atoms with E-state index in [1.54, 1.807) is 12.4 Å². The third-order valence-corrected chi connectivity index (χ3v) is 9.54. The lowest BCUT2D eigenvalue weighted by Crippen LogP contribution is -2.59. The number of pyridine rings is 2. The molecule has 3 fully saturated rings. The van der Waals surface area contributed by atoms with E-state index in [9.17, 15) is 9.59 Å². The van der Waals surface area contributed by atoms with E-state index in [1.165, 1.54) is 12.8 Å². The average Bonchev–Trinajstić information content (AvgIpc) is 3.65. The van der Waals surface area contributed by atoms with Crippen molar-refractivity contribution in [2.45, 2.75) is 85.4 Å². The van der Waals surface area contributed by atoms with Crippen LogP contribution in [0.25, 0.3) is 33.8 Å². The summed E-state index contributed by atoms with van der Waals surface area (Å²) in [5, 5.41) is 4.40. The Morgan fingerprint density at radius 2 is 1.75 bits per heavy atom. The van der Waals surface area contributed by atoms with Gasteiger partial charge >= 0.3 is 5.76 Å². The molecule has 1 aliphatic heterocycles. The second kappa shape index (κ2) is 12.0. The summed E-state index contributed by atoms with van der Waals surface area (Å²) in [5.41, 5.74) is 3.48. The van der Waals surface area contributed by atoms with Gasteiger partial charge in [0.2, 0.25) is 17.7 Å². The smallest absolute Gasteiger partial charge is 0.338 e. The summed E-state index contributed by atoms with van der Waals surface area (Å²) >= 11 is 6.42. The van der Waals surface area contributed by atoms with E-state index < -0.39 is 5.76 Å². The highest BCUT2D eigenvalue weighted by atomic mass is 35.5. The van der Waals surface area contributed by atoms with Gasteiger partial charge in [-0.1, -0.05) is 43.9 Å². The molecule has 5 heterocycles. The van der Waals surface area contributed by atoms with Gasteiger partial charge in [0.25, 0.3) is 0 Å². The zero-order valence-corrected chi connectivity index (χ0v) is 25.5. The Hall–Kier alpha value is -3.73. The van der Waals surface area contributed by atoms with Crippen LogP contribution in [-0.2, 0) is 11.3 Å². The van der Waals surface area contributed by atoms with Crippen LogP contribution < -0.4 is 10.7 Å². The Bertz CT molecular complexity index is 1710. The van der Waals surface area contributed by atoms with Crippen LogP contribution >= 0.6 is 11.6 Å². The van der Waals surface area contributed by atoms with Crippen LogP contribution in [-0.4, -0.2) is 65.6 Å². The second-order valence-corrected chi connectivity index (χ2v) is 13.3. The summed E-state index contributed by atoms with van der Waals surface area (Å²) in [5.74, 6) is 2.19. The maximum Gasteiger partial charge on any atom is 0.439 e. The van der Waals surface area contributed by atoms with Crippen molar-refractivity contribution in [1.29, 1.82) is 0 Å². The molecule has 11 nitrogen and oxygen atoms in total. The van der Waals surface area contributed by atoms with Crippen LogP contribution in [0.2, 0.25) is 5.02 Å². The van der Waals surface area contributed by atoms with Gasteiger partial charge in [-0.3, -0.25) is 19.3 Å². The maximum atomic E-state index is 13.0. The van der Waals surface area contributed by atoms with Gasteiger partial charge in [-0.25, -0.2) is 14.8 Å². The standard InChI is InChI=1S/C31H37ClN8O3.CH4/c1-17-4-6-20(7-5-17)16-39-27-24(35-30(39)40-18(2)14-38(15-19(40)3)29(41)21-8-9-21)11-25(28-36-31(42)43-37-28)34-26(27)22-10-23(32)13-33-12-22;/h10-13,17-21H,4-9,14-16H2,1-3H3,(H,36,37,42);1H4/t17?,18-,19-,20?;/m1./s1. The number of imidazole rings is 1. The van der Waals surface area contributed by atoms with Crippen molar-refractivity contribution >= 4 is 34.5 Å². The van der Waals surface area contributed by atoms with E-state index in [0.29, 0.717) is 35.4 Å². The lowest BCUT2D eigenvalue weighted by molar-refractivity contribution is -0.133. The van der Waals surface area contributed by atoms with Crippen LogP contribution in [0.5, 0.6) is 0 Å². The Kier molecular flexibility index (Phi) is 8.26. The number of aromatic amines is 1. The summed E-state index contributed by atoms with van der Waals surface area (Å²) < 4.78 is 7.14.